The van der Waals surface area contributed by atoms with Gasteiger partial charge in [-0.15, -0.1) is 0 Å². The Kier molecular flexibility index (Phi) is 5.16. The van der Waals surface area contributed by atoms with Crippen LogP contribution in [0.25, 0.3) is 0 Å². The van der Waals surface area contributed by atoms with Crippen LogP contribution in [-0.2, 0) is 11.0 Å². The number of alkyl halides is 3. The van der Waals surface area contributed by atoms with E-state index in [0.717, 1.165) is 6.07 Å². The summed E-state index contributed by atoms with van der Waals surface area (Å²) in [5.41, 5.74) is 2.77. The number of nitrogens with zero attached hydrogens (tertiary/aromatic N) is 1. The second-order valence-electron chi connectivity index (χ2n) is 5.62. The summed E-state index contributed by atoms with van der Waals surface area (Å²) in [6.07, 6.45) is -3.61. The molecule has 2 rings (SSSR count). The van der Waals surface area contributed by atoms with E-state index >= 15 is 0 Å². The second kappa shape index (κ2) is 6.76. The van der Waals surface area contributed by atoms with Gasteiger partial charge in [0.05, 0.1) is 5.56 Å². The van der Waals surface area contributed by atoms with Gasteiger partial charge in [0.1, 0.15) is 12.4 Å². The van der Waals surface area contributed by atoms with Gasteiger partial charge in [0, 0.05) is 13.1 Å². The van der Waals surface area contributed by atoms with Crippen LogP contribution >= 0.6 is 0 Å². The first kappa shape index (κ1) is 17.6. The molecule has 0 bridgehead atoms. The van der Waals surface area contributed by atoms with Crippen molar-refractivity contribution in [2.45, 2.75) is 24.6 Å². The predicted molar refractivity (Wildman–Crippen MR) is 76.8 cm³/mol. The molecule has 1 aromatic carbocycles. The van der Waals surface area contributed by atoms with Crippen molar-refractivity contribution in [3.63, 3.8) is 0 Å². The molecule has 1 atom stereocenters. The Hall–Kier alpha value is -1.80. The van der Waals surface area contributed by atoms with Crippen molar-refractivity contribution in [1.29, 1.82) is 0 Å². The highest BCUT2D eigenvalue weighted by atomic mass is 19.4. The number of rotatable bonds is 5. The fraction of sp³-hybridized carbons (Fsp3) is 0.533. The number of hydrogen-bond acceptors (Lipinski definition) is 4. The molecule has 1 aliphatic heterocycles. The van der Waals surface area contributed by atoms with E-state index in [1.54, 1.807) is 4.90 Å². The standard InChI is InChI=1S/C15H19F3N2O3/c16-15(17,18)11-4-1-2-5-12(11)23-9-8-20-7-3-6-14(22,10-20)13(19)21/h1-2,4-5,22H,3,6-10H2,(H2,19,21). The van der Waals surface area contributed by atoms with Gasteiger partial charge in [-0.1, -0.05) is 12.1 Å². The van der Waals surface area contributed by atoms with Crippen LogP contribution in [0.15, 0.2) is 24.3 Å². The third kappa shape index (κ3) is 4.35. The molecule has 1 saturated heterocycles. The number of aliphatic hydroxyl groups is 1. The molecule has 1 fully saturated rings. The molecule has 1 unspecified atom stereocenters. The number of amides is 1. The summed E-state index contributed by atoms with van der Waals surface area (Å²) in [7, 11) is 0. The van der Waals surface area contributed by atoms with E-state index in [1.165, 1.54) is 18.2 Å². The number of nitrogens with two attached hydrogens (primary N) is 1. The highest BCUT2D eigenvalue weighted by molar-refractivity contribution is 5.83. The lowest BCUT2D eigenvalue weighted by Gasteiger charge is -2.36. The smallest absolute Gasteiger partial charge is 0.419 e. The zero-order chi connectivity index (χ0) is 17.1. The summed E-state index contributed by atoms with van der Waals surface area (Å²) in [6.45, 7) is 0.996. The Balaban J connectivity index is 1.92. The van der Waals surface area contributed by atoms with Crippen LogP contribution in [0, 0.1) is 0 Å². The van der Waals surface area contributed by atoms with Crippen LogP contribution in [0.3, 0.4) is 0 Å². The number of β-amino-alcohol motifs (C(OH)–C–C–N with tert-alkyl or cyclic N) is 1. The lowest BCUT2D eigenvalue weighted by Crippen LogP contribution is -2.56. The molecule has 0 aliphatic carbocycles. The number of carbonyl (C=O) groups excluding carboxylic acids is 1. The molecule has 1 aliphatic rings. The topological polar surface area (TPSA) is 75.8 Å². The van der Waals surface area contributed by atoms with Gasteiger partial charge < -0.3 is 15.6 Å². The molecule has 3 N–H and O–H groups in total. The minimum Gasteiger partial charge on any atom is -0.492 e. The van der Waals surface area contributed by atoms with Crippen molar-refractivity contribution in [2.24, 2.45) is 5.73 Å². The van der Waals surface area contributed by atoms with Crippen LogP contribution in [-0.4, -0.2) is 47.8 Å². The van der Waals surface area contributed by atoms with Gasteiger partial charge >= 0.3 is 6.18 Å². The Morgan fingerprint density at radius 3 is 2.74 bits per heavy atom. The molecule has 23 heavy (non-hydrogen) atoms. The minimum absolute atomic E-state index is 0.0158. The summed E-state index contributed by atoms with van der Waals surface area (Å²) in [6, 6.07) is 4.99. The summed E-state index contributed by atoms with van der Waals surface area (Å²) in [5, 5.41) is 10.1. The fourth-order valence-electron chi connectivity index (χ4n) is 2.63. The summed E-state index contributed by atoms with van der Waals surface area (Å²) in [5.74, 6) is -1.02. The number of piperidine rings is 1. The Bertz CT molecular complexity index is 565. The second-order valence-corrected chi connectivity index (χ2v) is 5.62. The van der Waals surface area contributed by atoms with Crippen molar-refractivity contribution in [3.05, 3.63) is 29.8 Å². The zero-order valence-corrected chi connectivity index (χ0v) is 12.5. The fourth-order valence-corrected chi connectivity index (χ4v) is 2.63. The number of benzene rings is 1. The molecule has 1 amide bonds. The quantitative estimate of drug-likeness (QED) is 0.855. The highest BCUT2D eigenvalue weighted by Gasteiger charge is 2.38. The number of primary amides is 1. The molecular weight excluding hydrogens is 313 g/mol. The maximum absolute atomic E-state index is 12.8. The highest BCUT2D eigenvalue weighted by Crippen LogP contribution is 2.35. The van der Waals surface area contributed by atoms with Gasteiger partial charge in [-0.3, -0.25) is 9.69 Å². The predicted octanol–water partition coefficient (Wildman–Crippen LogP) is 1.40. The number of ether oxygens (including phenoxy) is 1. The van der Waals surface area contributed by atoms with Gasteiger partial charge in [0.15, 0.2) is 5.60 Å². The molecular formula is C15H19F3N2O3. The zero-order valence-electron chi connectivity index (χ0n) is 12.5. The number of para-hydroxylation sites is 1. The van der Waals surface area contributed by atoms with Gasteiger partial charge in [0.25, 0.3) is 5.91 Å². The molecule has 1 heterocycles. The van der Waals surface area contributed by atoms with Crippen molar-refractivity contribution >= 4 is 5.91 Å². The summed E-state index contributed by atoms with van der Waals surface area (Å²) < 4.78 is 43.8. The number of carbonyl (C=O) groups is 1. The molecule has 0 aromatic heterocycles. The average molecular weight is 332 g/mol. The van der Waals surface area contributed by atoms with Gasteiger partial charge in [-0.05, 0) is 31.5 Å². The first-order chi connectivity index (χ1) is 10.7. The molecule has 0 saturated carbocycles. The maximum atomic E-state index is 12.8. The third-order valence-corrected chi connectivity index (χ3v) is 3.87. The largest absolute Gasteiger partial charge is 0.492 e. The number of likely N-dealkylation sites (tertiary alicyclic amines) is 1. The van der Waals surface area contributed by atoms with E-state index in [9.17, 15) is 23.1 Å². The van der Waals surface area contributed by atoms with E-state index in [0.29, 0.717) is 19.5 Å². The number of hydrogen-bond donors (Lipinski definition) is 2. The van der Waals surface area contributed by atoms with Crippen LogP contribution in [0.5, 0.6) is 5.75 Å². The number of halogens is 3. The molecule has 8 heteroatoms. The van der Waals surface area contributed by atoms with Crippen molar-refractivity contribution in [2.75, 3.05) is 26.2 Å². The lowest BCUT2D eigenvalue weighted by molar-refractivity contribution is -0.142. The summed E-state index contributed by atoms with van der Waals surface area (Å²) >= 11 is 0. The summed E-state index contributed by atoms with van der Waals surface area (Å²) in [4.78, 5) is 13.0. The van der Waals surface area contributed by atoms with Gasteiger partial charge in [0.2, 0.25) is 0 Å². The van der Waals surface area contributed by atoms with Gasteiger partial charge in [-0.2, -0.15) is 13.2 Å². The average Bonchev–Trinajstić information content (AvgIpc) is 2.47. The maximum Gasteiger partial charge on any atom is 0.419 e. The minimum atomic E-state index is -4.48. The van der Waals surface area contributed by atoms with Crippen LogP contribution in [0.2, 0.25) is 0 Å². The Morgan fingerprint density at radius 2 is 2.09 bits per heavy atom. The van der Waals surface area contributed by atoms with E-state index < -0.39 is 23.2 Å². The van der Waals surface area contributed by atoms with E-state index in [1.807, 2.05) is 0 Å². The molecule has 0 radical (unpaired) electrons. The van der Waals surface area contributed by atoms with Crippen LogP contribution in [0.4, 0.5) is 13.2 Å². The Labute approximate surface area is 131 Å². The van der Waals surface area contributed by atoms with Gasteiger partial charge in [-0.25, -0.2) is 0 Å². The Morgan fingerprint density at radius 1 is 1.39 bits per heavy atom. The first-order valence-electron chi connectivity index (χ1n) is 7.26. The SMILES string of the molecule is NC(=O)C1(O)CCCN(CCOc2ccccc2C(F)(F)F)C1. The molecule has 5 nitrogen and oxygen atoms in total. The monoisotopic (exact) mass is 332 g/mol. The van der Waals surface area contributed by atoms with Crippen molar-refractivity contribution < 1.29 is 27.8 Å². The molecule has 128 valence electrons. The van der Waals surface area contributed by atoms with E-state index in [2.05, 4.69) is 0 Å². The van der Waals surface area contributed by atoms with Crippen molar-refractivity contribution in [1.82, 2.24) is 4.90 Å². The molecule has 0 spiro atoms. The van der Waals surface area contributed by atoms with E-state index in [-0.39, 0.29) is 25.3 Å². The van der Waals surface area contributed by atoms with Crippen molar-refractivity contribution in [3.8, 4) is 5.75 Å². The normalized spacial score (nSPS) is 22.8. The lowest BCUT2D eigenvalue weighted by atomic mass is 9.92. The van der Waals surface area contributed by atoms with E-state index in [4.69, 9.17) is 10.5 Å². The van der Waals surface area contributed by atoms with Crippen LogP contribution < -0.4 is 10.5 Å². The molecule has 1 aromatic rings. The first-order valence-corrected chi connectivity index (χ1v) is 7.26. The third-order valence-electron chi connectivity index (χ3n) is 3.87. The van der Waals surface area contributed by atoms with Crippen LogP contribution in [0.1, 0.15) is 18.4 Å².